The summed E-state index contributed by atoms with van der Waals surface area (Å²) in [6.07, 6.45) is 0.182. The summed E-state index contributed by atoms with van der Waals surface area (Å²) in [6, 6.07) is 6.13. The highest BCUT2D eigenvalue weighted by atomic mass is 32.2. The lowest BCUT2D eigenvalue weighted by Crippen LogP contribution is -2.29. The zero-order valence-electron chi connectivity index (χ0n) is 13.9. The molecule has 0 radical (unpaired) electrons. The van der Waals surface area contributed by atoms with Crippen molar-refractivity contribution in [3.8, 4) is 0 Å². The second-order valence-corrected chi connectivity index (χ2v) is 6.93. The Kier molecular flexibility index (Phi) is 4.63. The number of nitrogens with one attached hydrogen (secondary N) is 1. The van der Waals surface area contributed by atoms with Gasteiger partial charge in [-0.3, -0.25) is 19.0 Å². The first-order valence-electron chi connectivity index (χ1n) is 7.79. The van der Waals surface area contributed by atoms with Gasteiger partial charge in [0, 0.05) is 34.7 Å². The highest BCUT2D eigenvalue weighted by molar-refractivity contribution is 7.99. The van der Waals surface area contributed by atoms with Gasteiger partial charge in [-0.2, -0.15) is 0 Å². The molecule has 3 rings (SSSR count). The first-order valence-corrected chi connectivity index (χ1v) is 8.77. The summed E-state index contributed by atoms with van der Waals surface area (Å²) >= 11 is 1.49. The molecule has 2 heterocycles. The largest absolute Gasteiger partial charge is 0.366 e. The average molecular weight is 358 g/mol. The number of thioether (sulfide) groups is 1. The highest BCUT2D eigenvalue weighted by Crippen LogP contribution is 2.32. The molecule has 130 valence electrons. The van der Waals surface area contributed by atoms with Crippen molar-refractivity contribution >= 4 is 29.3 Å². The quantitative estimate of drug-likeness (QED) is 0.808. The average Bonchev–Trinajstić information content (AvgIpc) is 2.95. The Morgan fingerprint density at radius 1 is 1.32 bits per heavy atom. The van der Waals surface area contributed by atoms with Crippen molar-refractivity contribution in [1.29, 1.82) is 0 Å². The van der Waals surface area contributed by atoms with Crippen molar-refractivity contribution in [2.75, 3.05) is 11.1 Å². The maximum Gasteiger partial charge on any atom is 0.257 e. The number of aromatic nitrogens is 2. The zero-order chi connectivity index (χ0) is 18.1. The van der Waals surface area contributed by atoms with Gasteiger partial charge in [-0.25, -0.2) is 4.98 Å². The van der Waals surface area contributed by atoms with E-state index in [1.54, 1.807) is 35.8 Å². The number of benzene rings is 1. The second-order valence-electron chi connectivity index (χ2n) is 5.94. The predicted molar refractivity (Wildman–Crippen MR) is 95.9 cm³/mol. The summed E-state index contributed by atoms with van der Waals surface area (Å²) in [5, 5.41) is 3.44. The van der Waals surface area contributed by atoms with Crippen LogP contribution in [0.3, 0.4) is 0 Å². The fourth-order valence-electron chi connectivity index (χ4n) is 2.67. The van der Waals surface area contributed by atoms with E-state index < -0.39 is 5.91 Å². The van der Waals surface area contributed by atoms with Crippen molar-refractivity contribution in [1.82, 2.24) is 9.55 Å². The molecule has 25 heavy (non-hydrogen) atoms. The normalized spacial score (nSPS) is 15.7. The van der Waals surface area contributed by atoms with E-state index in [-0.39, 0.29) is 23.9 Å². The van der Waals surface area contributed by atoms with Gasteiger partial charge in [0.2, 0.25) is 11.8 Å². The molecule has 0 bridgehead atoms. The molecular formula is C17H18N4O3S. The molecule has 0 aliphatic carbocycles. The van der Waals surface area contributed by atoms with Crippen LogP contribution in [-0.4, -0.2) is 27.1 Å². The number of hydrogen-bond acceptors (Lipinski definition) is 5. The van der Waals surface area contributed by atoms with Crippen LogP contribution in [0.4, 0.5) is 5.69 Å². The second kappa shape index (κ2) is 6.72. The van der Waals surface area contributed by atoms with Crippen LogP contribution in [0.25, 0.3) is 0 Å². The zero-order valence-corrected chi connectivity index (χ0v) is 14.7. The van der Waals surface area contributed by atoms with E-state index in [2.05, 4.69) is 10.3 Å². The Labute approximate surface area is 148 Å². The van der Waals surface area contributed by atoms with Crippen LogP contribution in [0, 0.1) is 13.8 Å². The van der Waals surface area contributed by atoms with Gasteiger partial charge in [0.15, 0.2) is 5.16 Å². The summed E-state index contributed by atoms with van der Waals surface area (Å²) in [5.41, 5.74) is 7.39. The van der Waals surface area contributed by atoms with E-state index in [1.165, 1.54) is 11.8 Å². The standard InChI is InChI=1S/C17H18N4O3S/c1-9-10(2)19-17-21(16(9)24)13(8-25-17)7-14(22)20-12-5-3-11(4-6-12)15(18)23/h3-6,13H,7-8H2,1-2H3,(H2,18,23)(H,20,22). The van der Waals surface area contributed by atoms with Gasteiger partial charge in [0.25, 0.3) is 5.56 Å². The maximum atomic E-state index is 12.5. The number of carbonyl (C=O) groups is 2. The molecular weight excluding hydrogens is 340 g/mol. The Hall–Kier alpha value is -2.61. The first-order chi connectivity index (χ1) is 11.9. The molecule has 0 fully saturated rings. The minimum Gasteiger partial charge on any atom is -0.366 e. The molecule has 2 aromatic rings. The lowest BCUT2D eigenvalue weighted by molar-refractivity contribution is -0.116. The van der Waals surface area contributed by atoms with Gasteiger partial charge < -0.3 is 11.1 Å². The van der Waals surface area contributed by atoms with Crippen LogP contribution in [0.1, 0.15) is 34.1 Å². The summed E-state index contributed by atoms with van der Waals surface area (Å²) in [6.45, 7) is 3.56. The fourth-order valence-corrected chi connectivity index (χ4v) is 3.85. The molecule has 1 aliphatic heterocycles. The van der Waals surface area contributed by atoms with E-state index in [1.807, 2.05) is 6.92 Å². The summed E-state index contributed by atoms with van der Waals surface area (Å²) < 4.78 is 1.61. The number of anilines is 1. The van der Waals surface area contributed by atoms with Crippen molar-refractivity contribution in [2.24, 2.45) is 5.73 Å². The highest BCUT2D eigenvalue weighted by Gasteiger charge is 2.28. The van der Waals surface area contributed by atoms with Crippen molar-refractivity contribution in [2.45, 2.75) is 31.5 Å². The molecule has 0 saturated heterocycles. The van der Waals surface area contributed by atoms with Crippen LogP contribution in [-0.2, 0) is 4.79 Å². The SMILES string of the molecule is Cc1nc2n(c(=O)c1C)C(CC(=O)Nc1ccc(C(N)=O)cc1)CS2. The molecule has 1 atom stereocenters. The minimum atomic E-state index is -0.519. The van der Waals surface area contributed by atoms with Crippen LogP contribution in [0.5, 0.6) is 0 Å². The molecule has 1 aliphatic rings. The predicted octanol–water partition coefficient (Wildman–Crippen LogP) is 1.63. The van der Waals surface area contributed by atoms with Crippen LogP contribution < -0.4 is 16.6 Å². The lowest BCUT2D eigenvalue weighted by Gasteiger charge is -2.14. The summed E-state index contributed by atoms with van der Waals surface area (Å²) in [7, 11) is 0. The molecule has 1 aromatic heterocycles. The number of primary amides is 1. The van der Waals surface area contributed by atoms with Crippen molar-refractivity contribution in [3.63, 3.8) is 0 Å². The summed E-state index contributed by atoms with van der Waals surface area (Å²) in [4.78, 5) is 40.3. The van der Waals surface area contributed by atoms with Crippen LogP contribution in [0.2, 0.25) is 0 Å². The van der Waals surface area contributed by atoms with Gasteiger partial charge in [0.1, 0.15) is 0 Å². The van der Waals surface area contributed by atoms with Gasteiger partial charge in [-0.05, 0) is 38.1 Å². The Balaban J connectivity index is 1.72. The molecule has 8 heteroatoms. The Morgan fingerprint density at radius 2 is 2.00 bits per heavy atom. The smallest absolute Gasteiger partial charge is 0.257 e. The fraction of sp³-hybridized carbons (Fsp3) is 0.294. The third-order valence-electron chi connectivity index (χ3n) is 4.20. The number of rotatable bonds is 4. The number of amides is 2. The van der Waals surface area contributed by atoms with Crippen LogP contribution in [0.15, 0.2) is 34.2 Å². The van der Waals surface area contributed by atoms with Gasteiger partial charge in [-0.15, -0.1) is 0 Å². The number of nitrogens with zero attached hydrogens (tertiary/aromatic N) is 2. The minimum absolute atomic E-state index is 0.0869. The van der Waals surface area contributed by atoms with Gasteiger partial charge in [-0.1, -0.05) is 11.8 Å². The number of aryl methyl sites for hydroxylation is 1. The number of nitrogens with two attached hydrogens (primary N) is 1. The molecule has 1 aromatic carbocycles. The maximum absolute atomic E-state index is 12.5. The third kappa shape index (κ3) is 3.43. The number of fused-ring (bicyclic) bond motifs is 1. The number of carbonyl (C=O) groups excluding carboxylic acids is 2. The number of hydrogen-bond donors (Lipinski definition) is 2. The van der Waals surface area contributed by atoms with E-state index >= 15 is 0 Å². The molecule has 7 nitrogen and oxygen atoms in total. The van der Waals surface area contributed by atoms with E-state index in [0.717, 1.165) is 5.69 Å². The molecule has 3 N–H and O–H groups in total. The van der Waals surface area contributed by atoms with E-state index in [4.69, 9.17) is 5.73 Å². The third-order valence-corrected chi connectivity index (χ3v) is 5.29. The van der Waals surface area contributed by atoms with Crippen LogP contribution >= 0.6 is 11.8 Å². The molecule has 2 amide bonds. The molecule has 0 saturated carbocycles. The topological polar surface area (TPSA) is 107 Å². The first kappa shape index (κ1) is 17.2. The van der Waals surface area contributed by atoms with Crippen molar-refractivity contribution < 1.29 is 9.59 Å². The Bertz CT molecular complexity index is 905. The Morgan fingerprint density at radius 3 is 2.64 bits per heavy atom. The molecule has 1 unspecified atom stereocenters. The van der Waals surface area contributed by atoms with E-state index in [0.29, 0.717) is 27.7 Å². The van der Waals surface area contributed by atoms with Crippen molar-refractivity contribution in [3.05, 3.63) is 51.4 Å². The summed E-state index contributed by atoms with van der Waals surface area (Å²) in [5.74, 6) is -0.0792. The molecule has 0 spiro atoms. The van der Waals surface area contributed by atoms with Gasteiger partial charge in [0.05, 0.1) is 6.04 Å². The lowest BCUT2D eigenvalue weighted by atomic mass is 10.1. The van der Waals surface area contributed by atoms with E-state index in [9.17, 15) is 14.4 Å². The van der Waals surface area contributed by atoms with Gasteiger partial charge >= 0.3 is 0 Å². The monoisotopic (exact) mass is 358 g/mol.